The van der Waals surface area contributed by atoms with Crippen molar-refractivity contribution in [3.63, 3.8) is 0 Å². The monoisotopic (exact) mass is 270 g/mol. The second-order valence-electron chi connectivity index (χ2n) is 5.20. The van der Waals surface area contributed by atoms with E-state index in [1.807, 2.05) is 25.7 Å². The molecular formula is C14H26N2O3. The maximum absolute atomic E-state index is 11.8. The van der Waals surface area contributed by atoms with Gasteiger partial charge in [0.15, 0.2) is 0 Å². The van der Waals surface area contributed by atoms with E-state index in [0.717, 1.165) is 25.8 Å². The Balaban J connectivity index is 2.38. The highest BCUT2D eigenvalue weighted by atomic mass is 16.5. The number of hydrogen-bond acceptors (Lipinski definition) is 4. The number of rotatable bonds is 6. The van der Waals surface area contributed by atoms with Crippen molar-refractivity contribution in [1.82, 2.24) is 10.2 Å². The molecule has 1 amide bonds. The number of carbonyl (C=O) groups is 2. The molecule has 2 unspecified atom stereocenters. The van der Waals surface area contributed by atoms with Crippen molar-refractivity contribution < 1.29 is 14.3 Å². The third-order valence-electron chi connectivity index (χ3n) is 3.51. The van der Waals surface area contributed by atoms with Gasteiger partial charge in [0, 0.05) is 12.6 Å². The fourth-order valence-corrected chi connectivity index (χ4v) is 2.28. The fourth-order valence-electron chi connectivity index (χ4n) is 2.28. The standard InChI is InChI=1S/C14H26N2O3/c1-4-11(3)15-13(17)10-16-8-6-7-12(9-16)14(18)19-5-2/h11-12H,4-10H2,1-3H3,(H,15,17). The lowest BCUT2D eigenvalue weighted by Crippen LogP contribution is -2.46. The minimum Gasteiger partial charge on any atom is -0.466 e. The van der Waals surface area contributed by atoms with Crippen molar-refractivity contribution in [3.05, 3.63) is 0 Å². The summed E-state index contributed by atoms with van der Waals surface area (Å²) in [5.74, 6) is -0.168. The number of amides is 1. The molecule has 2 atom stereocenters. The van der Waals surface area contributed by atoms with Crippen molar-refractivity contribution >= 4 is 11.9 Å². The van der Waals surface area contributed by atoms with Gasteiger partial charge >= 0.3 is 5.97 Å². The molecule has 0 aliphatic carbocycles. The zero-order valence-electron chi connectivity index (χ0n) is 12.3. The molecule has 5 heteroatoms. The number of hydrogen-bond donors (Lipinski definition) is 1. The van der Waals surface area contributed by atoms with Crippen LogP contribution in [-0.2, 0) is 14.3 Å². The molecule has 1 rings (SSSR count). The Labute approximate surface area is 115 Å². The summed E-state index contributed by atoms with van der Waals surface area (Å²) < 4.78 is 5.05. The summed E-state index contributed by atoms with van der Waals surface area (Å²) in [5, 5.41) is 2.95. The van der Waals surface area contributed by atoms with Crippen LogP contribution in [0.1, 0.15) is 40.0 Å². The van der Waals surface area contributed by atoms with Gasteiger partial charge in [-0.2, -0.15) is 0 Å². The molecule has 1 fully saturated rings. The topological polar surface area (TPSA) is 58.6 Å². The summed E-state index contributed by atoms with van der Waals surface area (Å²) in [6.07, 6.45) is 2.74. The van der Waals surface area contributed by atoms with Gasteiger partial charge in [0.25, 0.3) is 0 Å². The van der Waals surface area contributed by atoms with E-state index in [2.05, 4.69) is 5.32 Å². The Morgan fingerprint density at radius 2 is 2.16 bits per heavy atom. The molecule has 19 heavy (non-hydrogen) atoms. The lowest BCUT2D eigenvalue weighted by molar-refractivity contribution is -0.150. The molecule has 1 heterocycles. The van der Waals surface area contributed by atoms with Crippen LogP contribution in [0.3, 0.4) is 0 Å². The quantitative estimate of drug-likeness (QED) is 0.736. The van der Waals surface area contributed by atoms with Gasteiger partial charge < -0.3 is 10.1 Å². The van der Waals surface area contributed by atoms with Crippen LogP contribution in [0.4, 0.5) is 0 Å². The largest absolute Gasteiger partial charge is 0.466 e. The van der Waals surface area contributed by atoms with Crippen molar-refractivity contribution in [2.24, 2.45) is 5.92 Å². The normalized spacial score (nSPS) is 21.7. The number of ether oxygens (including phenoxy) is 1. The summed E-state index contributed by atoms with van der Waals surface area (Å²) in [4.78, 5) is 25.6. The van der Waals surface area contributed by atoms with Gasteiger partial charge in [0.05, 0.1) is 19.1 Å². The van der Waals surface area contributed by atoms with E-state index in [4.69, 9.17) is 4.74 Å². The Hall–Kier alpha value is -1.10. The Kier molecular flexibility index (Phi) is 6.84. The predicted molar refractivity (Wildman–Crippen MR) is 73.7 cm³/mol. The summed E-state index contributed by atoms with van der Waals surface area (Å²) in [5.41, 5.74) is 0. The van der Waals surface area contributed by atoms with Crippen LogP contribution in [0.25, 0.3) is 0 Å². The first-order chi connectivity index (χ1) is 9.06. The van der Waals surface area contributed by atoms with Gasteiger partial charge in [-0.25, -0.2) is 0 Å². The second-order valence-corrected chi connectivity index (χ2v) is 5.20. The van der Waals surface area contributed by atoms with E-state index >= 15 is 0 Å². The highest BCUT2D eigenvalue weighted by Gasteiger charge is 2.27. The second kappa shape index (κ2) is 8.15. The van der Waals surface area contributed by atoms with Crippen molar-refractivity contribution in [1.29, 1.82) is 0 Å². The molecule has 1 saturated heterocycles. The van der Waals surface area contributed by atoms with Gasteiger partial charge in [-0.15, -0.1) is 0 Å². The molecule has 110 valence electrons. The highest BCUT2D eigenvalue weighted by molar-refractivity contribution is 5.78. The van der Waals surface area contributed by atoms with E-state index < -0.39 is 0 Å². The van der Waals surface area contributed by atoms with Crippen LogP contribution in [0.5, 0.6) is 0 Å². The van der Waals surface area contributed by atoms with Gasteiger partial charge in [-0.3, -0.25) is 14.5 Å². The molecular weight excluding hydrogens is 244 g/mol. The first-order valence-electron chi connectivity index (χ1n) is 7.25. The summed E-state index contributed by atoms with van der Waals surface area (Å²) >= 11 is 0. The Bertz CT molecular complexity index is 307. The van der Waals surface area contributed by atoms with Gasteiger partial charge in [-0.05, 0) is 39.7 Å². The molecule has 1 aliphatic heterocycles. The third kappa shape index (κ3) is 5.59. The summed E-state index contributed by atoms with van der Waals surface area (Å²) in [6, 6.07) is 0.207. The number of likely N-dealkylation sites (tertiary alicyclic amines) is 1. The lowest BCUT2D eigenvalue weighted by Gasteiger charge is -2.31. The first kappa shape index (κ1) is 16.0. The van der Waals surface area contributed by atoms with E-state index in [1.165, 1.54) is 0 Å². The van der Waals surface area contributed by atoms with Gasteiger partial charge in [0.2, 0.25) is 5.91 Å². The van der Waals surface area contributed by atoms with Gasteiger partial charge in [-0.1, -0.05) is 6.92 Å². The zero-order valence-corrected chi connectivity index (χ0v) is 12.3. The average Bonchev–Trinajstić information content (AvgIpc) is 2.39. The number of nitrogens with one attached hydrogen (secondary N) is 1. The van der Waals surface area contributed by atoms with E-state index in [-0.39, 0.29) is 23.8 Å². The molecule has 0 aromatic carbocycles. The van der Waals surface area contributed by atoms with E-state index in [0.29, 0.717) is 19.7 Å². The maximum Gasteiger partial charge on any atom is 0.310 e. The molecule has 0 spiro atoms. The zero-order chi connectivity index (χ0) is 14.3. The lowest BCUT2D eigenvalue weighted by atomic mass is 9.98. The van der Waals surface area contributed by atoms with Crippen LogP contribution in [0.15, 0.2) is 0 Å². The summed E-state index contributed by atoms with van der Waals surface area (Å²) in [7, 11) is 0. The molecule has 1 N–H and O–H groups in total. The Morgan fingerprint density at radius 1 is 1.42 bits per heavy atom. The van der Waals surface area contributed by atoms with Gasteiger partial charge in [0.1, 0.15) is 0 Å². The first-order valence-corrected chi connectivity index (χ1v) is 7.25. The minimum absolute atomic E-state index is 0.0406. The van der Waals surface area contributed by atoms with E-state index in [9.17, 15) is 9.59 Å². The fraction of sp³-hybridized carbons (Fsp3) is 0.857. The van der Waals surface area contributed by atoms with Crippen LogP contribution < -0.4 is 5.32 Å². The number of esters is 1. The van der Waals surface area contributed by atoms with Crippen LogP contribution in [-0.4, -0.2) is 49.1 Å². The molecule has 0 saturated carbocycles. The van der Waals surface area contributed by atoms with Crippen LogP contribution in [0.2, 0.25) is 0 Å². The van der Waals surface area contributed by atoms with E-state index in [1.54, 1.807) is 0 Å². The van der Waals surface area contributed by atoms with Crippen LogP contribution in [0, 0.1) is 5.92 Å². The molecule has 0 aromatic rings. The Morgan fingerprint density at radius 3 is 2.79 bits per heavy atom. The molecule has 0 aromatic heterocycles. The average molecular weight is 270 g/mol. The highest BCUT2D eigenvalue weighted by Crippen LogP contribution is 2.17. The molecule has 0 bridgehead atoms. The van der Waals surface area contributed by atoms with Crippen LogP contribution >= 0.6 is 0 Å². The molecule has 5 nitrogen and oxygen atoms in total. The molecule has 1 aliphatic rings. The SMILES string of the molecule is CCOC(=O)C1CCCN(CC(=O)NC(C)CC)C1. The smallest absolute Gasteiger partial charge is 0.310 e. The maximum atomic E-state index is 11.8. The number of carbonyl (C=O) groups excluding carboxylic acids is 2. The number of nitrogens with zero attached hydrogens (tertiary/aromatic N) is 1. The third-order valence-corrected chi connectivity index (χ3v) is 3.51. The molecule has 0 radical (unpaired) electrons. The van der Waals surface area contributed by atoms with Crippen molar-refractivity contribution in [2.75, 3.05) is 26.2 Å². The van der Waals surface area contributed by atoms with Crippen molar-refractivity contribution in [2.45, 2.75) is 46.1 Å². The van der Waals surface area contributed by atoms with Crippen molar-refractivity contribution in [3.8, 4) is 0 Å². The summed E-state index contributed by atoms with van der Waals surface area (Å²) in [6.45, 7) is 8.16. The predicted octanol–water partition coefficient (Wildman–Crippen LogP) is 1.18. The minimum atomic E-state index is -0.130. The number of piperidine rings is 1.